The zero-order chi connectivity index (χ0) is 15.4. The van der Waals surface area contributed by atoms with E-state index in [4.69, 9.17) is 4.74 Å². The Morgan fingerprint density at radius 1 is 1.57 bits per heavy atom. The second kappa shape index (κ2) is 6.38. The second-order valence-electron chi connectivity index (χ2n) is 4.88. The summed E-state index contributed by atoms with van der Waals surface area (Å²) >= 11 is 0. The van der Waals surface area contributed by atoms with Crippen molar-refractivity contribution in [1.82, 2.24) is 19.9 Å². The number of carboxylic acid groups (broad SMARTS) is 1. The molecule has 1 aromatic rings. The largest absolute Gasteiger partial charge is 0.476 e. The Bertz CT molecular complexity index is 554. The topological polar surface area (TPSA) is 97.5 Å². The lowest BCUT2D eigenvalue weighted by Crippen LogP contribution is -2.41. The molecule has 0 saturated carbocycles. The van der Waals surface area contributed by atoms with Gasteiger partial charge in [-0.2, -0.15) is 0 Å². The number of hydrogen-bond acceptors (Lipinski definition) is 5. The van der Waals surface area contributed by atoms with Gasteiger partial charge in [0.25, 0.3) is 0 Å². The highest BCUT2D eigenvalue weighted by atomic mass is 16.6. The van der Waals surface area contributed by atoms with Crippen LogP contribution in [-0.2, 0) is 4.74 Å². The third-order valence-corrected chi connectivity index (χ3v) is 3.39. The molecule has 1 N–H and O–H groups in total. The van der Waals surface area contributed by atoms with E-state index < -0.39 is 12.1 Å². The smallest absolute Gasteiger partial charge is 0.410 e. The molecular formula is C13H18N4O4. The number of carbonyl (C=O) groups is 2. The minimum absolute atomic E-state index is 0.0707. The van der Waals surface area contributed by atoms with Crippen LogP contribution in [0.2, 0.25) is 0 Å². The number of hydrogen-bond donors (Lipinski definition) is 1. The van der Waals surface area contributed by atoms with E-state index in [1.54, 1.807) is 11.8 Å². The van der Waals surface area contributed by atoms with Gasteiger partial charge in [0.05, 0.1) is 11.7 Å². The van der Waals surface area contributed by atoms with Crippen molar-refractivity contribution in [2.24, 2.45) is 0 Å². The molecule has 1 aliphatic heterocycles. The quantitative estimate of drug-likeness (QED) is 0.839. The molecule has 0 aliphatic carbocycles. The summed E-state index contributed by atoms with van der Waals surface area (Å²) in [6, 6.07) is -0.206. The van der Waals surface area contributed by atoms with Crippen LogP contribution >= 0.6 is 0 Å². The average Bonchev–Trinajstić information content (AvgIpc) is 2.87. The number of carboxylic acids is 1. The molecule has 2 rings (SSSR count). The lowest BCUT2D eigenvalue weighted by atomic mass is 10.1. The van der Waals surface area contributed by atoms with Crippen molar-refractivity contribution in [3.8, 4) is 0 Å². The van der Waals surface area contributed by atoms with Gasteiger partial charge in [-0.1, -0.05) is 17.9 Å². The zero-order valence-electron chi connectivity index (χ0n) is 11.9. The monoisotopic (exact) mass is 294 g/mol. The van der Waals surface area contributed by atoms with Crippen LogP contribution in [-0.4, -0.2) is 56.8 Å². The van der Waals surface area contributed by atoms with Gasteiger partial charge in [0.1, 0.15) is 6.61 Å². The summed E-state index contributed by atoms with van der Waals surface area (Å²) in [5.41, 5.74) is 0.440. The molecule has 114 valence electrons. The van der Waals surface area contributed by atoms with Crippen LogP contribution in [0.15, 0.2) is 12.7 Å². The molecule has 0 aromatic carbocycles. The Kier molecular flexibility index (Phi) is 4.56. The van der Waals surface area contributed by atoms with E-state index in [0.29, 0.717) is 18.8 Å². The van der Waals surface area contributed by atoms with Crippen LogP contribution in [0, 0.1) is 6.92 Å². The second-order valence-corrected chi connectivity index (χ2v) is 4.88. The summed E-state index contributed by atoms with van der Waals surface area (Å²) in [6.45, 7) is 6.20. The van der Waals surface area contributed by atoms with Crippen LogP contribution in [0.25, 0.3) is 0 Å². The number of rotatable bonds is 4. The summed E-state index contributed by atoms with van der Waals surface area (Å²) in [6.07, 6.45) is 2.58. The van der Waals surface area contributed by atoms with Gasteiger partial charge in [-0.05, 0) is 19.8 Å². The number of piperidine rings is 1. The van der Waals surface area contributed by atoms with Gasteiger partial charge in [0.15, 0.2) is 5.69 Å². The Labute approximate surface area is 122 Å². The molecule has 1 unspecified atom stereocenters. The maximum atomic E-state index is 11.9. The molecule has 0 bridgehead atoms. The van der Waals surface area contributed by atoms with Crippen molar-refractivity contribution >= 4 is 12.1 Å². The lowest BCUT2D eigenvalue weighted by molar-refractivity contribution is 0.0668. The first kappa shape index (κ1) is 15.0. The molecule has 1 amide bonds. The number of aromatic nitrogens is 3. The van der Waals surface area contributed by atoms with E-state index in [2.05, 4.69) is 16.9 Å². The Hall–Kier alpha value is -2.38. The number of nitrogens with zero attached hydrogens (tertiary/aromatic N) is 4. The average molecular weight is 294 g/mol. The fourth-order valence-electron chi connectivity index (χ4n) is 2.42. The summed E-state index contributed by atoms with van der Waals surface area (Å²) < 4.78 is 6.40. The molecule has 0 spiro atoms. The highest BCUT2D eigenvalue weighted by Crippen LogP contribution is 2.23. The summed E-state index contributed by atoms with van der Waals surface area (Å²) in [5, 5.41) is 17.0. The predicted molar refractivity (Wildman–Crippen MR) is 73.1 cm³/mol. The molecule has 8 nitrogen and oxygen atoms in total. The van der Waals surface area contributed by atoms with E-state index in [-0.39, 0.29) is 18.3 Å². The molecule has 1 aromatic heterocycles. The number of aryl methyl sites for hydroxylation is 1. The number of aromatic carboxylic acids is 1. The van der Waals surface area contributed by atoms with Crippen molar-refractivity contribution in [3.63, 3.8) is 0 Å². The molecule has 1 saturated heterocycles. The van der Waals surface area contributed by atoms with Crippen LogP contribution in [0.4, 0.5) is 4.79 Å². The predicted octanol–water partition coefficient (Wildman–Crippen LogP) is 1.24. The van der Waals surface area contributed by atoms with Gasteiger partial charge in [-0.3, -0.25) is 0 Å². The van der Waals surface area contributed by atoms with Gasteiger partial charge in [0.2, 0.25) is 0 Å². The minimum atomic E-state index is -1.07. The number of carbonyl (C=O) groups excluding carboxylic acids is 1. The number of ether oxygens (including phenoxy) is 1. The van der Waals surface area contributed by atoms with Gasteiger partial charge in [0, 0.05) is 13.1 Å². The van der Waals surface area contributed by atoms with Crippen molar-refractivity contribution in [1.29, 1.82) is 0 Å². The fourth-order valence-corrected chi connectivity index (χ4v) is 2.42. The first-order valence-corrected chi connectivity index (χ1v) is 6.72. The van der Waals surface area contributed by atoms with Crippen molar-refractivity contribution in [2.75, 3.05) is 19.7 Å². The minimum Gasteiger partial charge on any atom is -0.476 e. The molecular weight excluding hydrogens is 276 g/mol. The maximum absolute atomic E-state index is 11.9. The van der Waals surface area contributed by atoms with E-state index in [0.717, 1.165) is 12.8 Å². The highest BCUT2D eigenvalue weighted by Gasteiger charge is 2.29. The first-order valence-electron chi connectivity index (χ1n) is 6.72. The van der Waals surface area contributed by atoms with E-state index in [1.165, 1.54) is 10.8 Å². The third kappa shape index (κ3) is 3.21. The number of likely N-dealkylation sites (tertiary alicyclic amines) is 1. The molecule has 2 heterocycles. The molecule has 1 fully saturated rings. The Morgan fingerprint density at radius 3 is 3.00 bits per heavy atom. The summed E-state index contributed by atoms with van der Waals surface area (Å²) in [7, 11) is 0. The maximum Gasteiger partial charge on any atom is 0.410 e. The Balaban J connectivity index is 2.13. The van der Waals surface area contributed by atoms with Crippen molar-refractivity contribution in [2.45, 2.75) is 25.8 Å². The van der Waals surface area contributed by atoms with Crippen molar-refractivity contribution < 1.29 is 19.4 Å². The third-order valence-electron chi connectivity index (χ3n) is 3.39. The van der Waals surface area contributed by atoms with E-state index >= 15 is 0 Å². The highest BCUT2D eigenvalue weighted by molar-refractivity contribution is 5.86. The van der Waals surface area contributed by atoms with Crippen LogP contribution in [0.1, 0.15) is 35.1 Å². The van der Waals surface area contributed by atoms with Gasteiger partial charge >= 0.3 is 12.1 Å². The first-order chi connectivity index (χ1) is 10.0. The van der Waals surface area contributed by atoms with Gasteiger partial charge < -0.3 is 14.7 Å². The number of amides is 1. The van der Waals surface area contributed by atoms with Crippen molar-refractivity contribution in [3.05, 3.63) is 24.0 Å². The fraction of sp³-hybridized carbons (Fsp3) is 0.538. The van der Waals surface area contributed by atoms with E-state index in [1.807, 2.05) is 0 Å². The molecule has 21 heavy (non-hydrogen) atoms. The molecule has 1 atom stereocenters. The molecule has 1 aliphatic rings. The SMILES string of the molecule is C=CCOC(=O)N1CCCC(n2nnc(C)c2C(=O)O)C1. The molecule has 0 radical (unpaired) electrons. The van der Waals surface area contributed by atoms with Gasteiger partial charge in [-0.25, -0.2) is 14.3 Å². The van der Waals surface area contributed by atoms with Crippen LogP contribution < -0.4 is 0 Å². The Morgan fingerprint density at radius 2 is 2.33 bits per heavy atom. The normalized spacial score (nSPS) is 18.3. The van der Waals surface area contributed by atoms with E-state index in [9.17, 15) is 14.7 Å². The molecule has 8 heteroatoms. The lowest BCUT2D eigenvalue weighted by Gasteiger charge is -2.32. The summed E-state index contributed by atoms with van der Waals surface area (Å²) in [4.78, 5) is 24.7. The standard InChI is InChI=1S/C13H18N4O4/c1-3-7-21-13(20)16-6-4-5-10(8-16)17-11(12(18)19)9(2)14-15-17/h3,10H,1,4-8H2,2H3,(H,18,19). The van der Waals surface area contributed by atoms with Gasteiger partial charge in [-0.15, -0.1) is 5.10 Å². The zero-order valence-corrected chi connectivity index (χ0v) is 11.9. The van der Waals surface area contributed by atoms with Crippen LogP contribution in [0.5, 0.6) is 0 Å². The summed E-state index contributed by atoms with van der Waals surface area (Å²) in [5.74, 6) is -1.07. The van der Waals surface area contributed by atoms with Crippen LogP contribution in [0.3, 0.4) is 0 Å².